The number of hydrogen-bond donors (Lipinski definition) is 1. The topological polar surface area (TPSA) is 51.2 Å². The van der Waals surface area contributed by atoms with Crippen LogP contribution in [0.2, 0.25) is 0 Å². The second kappa shape index (κ2) is 7.55. The van der Waals surface area contributed by atoms with E-state index in [4.69, 9.17) is 4.74 Å². The summed E-state index contributed by atoms with van der Waals surface area (Å²) in [6.07, 6.45) is 0. The van der Waals surface area contributed by atoms with E-state index in [9.17, 15) is 9.18 Å². The van der Waals surface area contributed by atoms with Crippen LogP contribution < -0.4 is 10.1 Å². The first kappa shape index (κ1) is 17.2. The van der Waals surface area contributed by atoms with E-state index in [1.807, 2.05) is 36.4 Å². The fourth-order valence-corrected chi connectivity index (χ4v) is 3.57. The van der Waals surface area contributed by atoms with Crippen LogP contribution in [0.3, 0.4) is 0 Å². The van der Waals surface area contributed by atoms with Crippen molar-refractivity contribution >= 4 is 33.1 Å². The number of benzene rings is 3. The summed E-state index contributed by atoms with van der Waals surface area (Å²) in [5, 5.41) is 3.53. The number of anilines is 1. The van der Waals surface area contributed by atoms with Crippen LogP contribution in [0.1, 0.15) is 0 Å². The zero-order chi connectivity index (χ0) is 18.6. The number of para-hydroxylation sites is 1. The van der Waals surface area contributed by atoms with E-state index in [2.05, 4.69) is 10.3 Å². The predicted octanol–water partition coefficient (Wildman–Crippen LogP) is 5.12. The molecular formula is C21H15FN2O2S. The van der Waals surface area contributed by atoms with Crippen molar-refractivity contribution in [3.63, 3.8) is 0 Å². The number of nitrogens with zero attached hydrogens (tertiary/aromatic N) is 1. The summed E-state index contributed by atoms with van der Waals surface area (Å²) in [5.41, 5.74) is 2.37. The van der Waals surface area contributed by atoms with Gasteiger partial charge in [0.15, 0.2) is 6.61 Å². The summed E-state index contributed by atoms with van der Waals surface area (Å²) in [7, 11) is 0. The largest absolute Gasteiger partial charge is 0.484 e. The molecule has 4 rings (SSSR count). The number of aromatic nitrogens is 1. The number of amides is 1. The van der Waals surface area contributed by atoms with Gasteiger partial charge in [-0.1, -0.05) is 18.2 Å². The van der Waals surface area contributed by atoms with Crippen molar-refractivity contribution in [1.29, 1.82) is 0 Å². The molecule has 0 saturated heterocycles. The number of carbonyl (C=O) groups is 1. The molecule has 0 atom stereocenters. The minimum atomic E-state index is -0.404. The lowest BCUT2D eigenvalue weighted by molar-refractivity contribution is -0.118. The Labute approximate surface area is 159 Å². The summed E-state index contributed by atoms with van der Waals surface area (Å²) < 4.78 is 19.8. The van der Waals surface area contributed by atoms with Gasteiger partial charge < -0.3 is 10.1 Å². The Morgan fingerprint density at radius 3 is 2.63 bits per heavy atom. The molecule has 134 valence electrons. The van der Waals surface area contributed by atoms with E-state index in [1.165, 1.54) is 18.2 Å². The number of carbonyl (C=O) groups excluding carboxylic acids is 1. The smallest absolute Gasteiger partial charge is 0.262 e. The molecule has 3 aromatic carbocycles. The van der Waals surface area contributed by atoms with Crippen LogP contribution in [-0.4, -0.2) is 17.5 Å². The van der Waals surface area contributed by atoms with E-state index in [-0.39, 0.29) is 12.5 Å². The molecule has 0 bridgehead atoms. The van der Waals surface area contributed by atoms with Gasteiger partial charge in [-0.2, -0.15) is 0 Å². The second-order valence-electron chi connectivity index (χ2n) is 5.86. The predicted molar refractivity (Wildman–Crippen MR) is 106 cm³/mol. The third-order valence-electron chi connectivity index (χ3n) is 3.87. The van der Waals surface area contributed by atoms with Crippen molar-refractivity contribution in [3.8, 4) is 16.3 Å². The van der Waals surface area contributed by atoms with Crippen LogP contribution in [0.5, 0.6) is 5.75 Å². The van der Waals surface area contributed by atoms with Gasteiger partial charge in [0, 0.05) is 11.3 Å². The molecule has 0 unspecified atom stereocenters. The molecule has 6 heteroatoms. The Bertz CT molecular complexity index is 1060. The molecule has 0 aliphatic rings. The van der Waals surface area contributed by atoms with Crippen molar-refractivity contribution in [2.75, 3.05) is 11.9 Å². The number of halogens is 1. The summed E-state index contributed by atoms with van der Waals surface area (Å²) in [6.45, 7) is -0.156. The van der Waals surface area contributed by atoms with Crippen LogP contribution in [0.15, 0.2) is 72.8 Å². The molecule has 0 spiro atoms. The highest BCUT2D eigenvalue weighted by Gasteiger charge is 2.07. The van der Waals surface area contributed by atoms with Crippen molar-refractivity contribution in [2.24, 2.45) is 0 Å². The monoisotopic (exact) mass is 378 g/mol. The van der Waals surface area contributed by atoms with Gasteiger partial charge >= 0.3 is 0 Å². The van der Waals surface area contributed by atoms with Crippen molar-refractivity contribution < 1.29 is 13.9 Å². The van der Waals surface area contributed by atoms with Crippen molar-refractivity contribution in [2.45, 2.75) is 0 Å². The van der Waals surface area contributed by atoms with Crippen LogP contribution in [0, 0.1) is 5.82 Å². The van der Waals surface area contributed by atoms with Gasteiger partial charge in [-0.15, -0.1) is 11.3 Å². The summed E-state index contributed by atoms with van der Waals surface area (Å²) >= 11 is 1.63. The summed E-state index contributed by atoms with van der Waals surface area (Å²) in [5.74, 6) is -0.177. The number of rotatable bonds is 5. The van der Waals surface area contributed by atoms with E-state index >= 15 is 0 Å². The maximum absolute atomic E-state index is 13.1. The van der Waals surface area contributed by atoms with E-state index in [0.717, 1.165) is 20.8 Å². The minimum Gasteiger partial charge on any atom is -0.484 e. The molecule has 4 aromatic rings. The highest BCUT2D eigenvalue weighted by molar-refractivity contribution is 7.21. The number of fused-ring (bicyclic) bond motifs is 1. The number of hydrogen-bond acceptors (Lipinski definition) is 4. The molecule has 27 heavy (non-hydrogen) atoms. The first-order valence-corrected chi connectivity index (χ1v) is 9.13. The Balaban J connectivity index is 1.38. The Hall–Kier alpha value is -3.25. The van der Waals surface area contributed by atoms with Gasteiger partial charge in [0.05, 0.1) is 10.2 Å². The summed E-state index contributed by atoms with van der Waals surface area (Å²) in [4.78, 5) is 16.5. The zero-order valence-corrected chi connectivity index (χ0v) is 15.0. The quantitative estimate of drug-likeness (QED) is 0.524. The molecule has 0 radical (unpaired) electrons. The van der Waals surface area contributed by atoms with Crippen LogP contribution >= 0.6 is 11.3 Å². The molecule has 1 aromatic heterocycles. The molecule has 0 fully saturated rings. The van der Waals surface area contributed by atoms with Gasteiger partial charge in [-0.25, -0.2) is 9.37 Å². The van der Waals surface area contributed by atoms with Gasteiger partial charge in [0.25, 0.3) is 5.91 Å². The molecule has 0 aliphatic heterocycles. The number of ether oxygens (including phenoxy) is 1. The molecule has 1 N–H and O–H groups in total. The van der Waals surface area contributed by atoms with Crippen LogP contribution in [-0.2, 0) is 4.79 Å². The average Bonchev–Trinajstić information content (AvgIpc) is 3.11. The minimum absolute atomic E-state index is 0.156. The molecule has 0 aliphatic carbocycles. The van der Waals surface area contributed by atoms with Gasteiger partial charge in [0.1, 0.15) is 16.6 Å². The Kier molecular flexibility index (Phi) is 4.80. The first-order chi connectivity index (χ1) is 13.2. The third kappa shape index (κ3) is 4.12. The van der Waals surface area contributed by atoms with E-state index in [0.29, 0.717) is 11.4 Å². The van der Waals surface area contributed by atoms with Crippen LogP contribution in [0.25, 0.3) is 20.8 Å². The lowest BCUT2D eigenvalue weighted by atomic mass is 10.2. The molecule has 0 saturated carbocycles. The highest BCUT2D eigenvalue weighted by atomic mass is 32.1. The number of nitrogens with one attached hydrogen (secondary N) is 1. The maximum atomic E-state index is 13.1. The Morgan fingerprint density at radius 1 is 1.04 bits per heavy atom. The van der Waals surface area contributed by atoms with E-state index in [1.54, 1.807) is 29.5 Å². The SMILES string of the molecule is O=C(COc1ccc(-c2nc3ccccc3s2)cc1)Nc1cccc(F)c1. The molecule has 4 nitrogen and oxygen atoms in total. The maximum Gasteiger partial charge on any atom is 0.262 e. The first-order valence-electron chi connectivity index (χ1n) is 8.32. The van der Waals surface area contributed by atoms with E-state index < -0.39 is 5.82 Å². The summed E-state index contributed by atoms with van der Waals surface area (Å²) in [6, 6.07) is 21.2. The van der Waals surface area contributed by atoms with Crippen molar-refractivity contribution in [1.82, 2.24) is 4.98 Å². The molecule has 1 heterocycles. The molecule has 1 amide bonds. The van der Waals surface area contributed by atoms with Crippen molar-refractivity contribution in [3.05, 3.63) is 78.6 Å². The lowest BCUT2D eigenvalue weighted by Crippen LogP contribution is -2.20. The fourth-order valence-electron chi connectivity index (χ4n) is 2.60. The van der Waals surface area contributed by atoms with Gasteiger partial charge in [0.2, 0.25) is 0 Å². The standard InChI is InChI=1S/C21H15FN2O2S/c22-15-4-3-5-16(12-15)23-20(25)13-26-17-10-8-14(9-11-17)21-24-18-6-1-2-7-19(18)27-21/h1-12H,13H2,(H,23,25). The third-order valence-corrected chi connectivity index (χ3v) is 4.96. The lowest BCUT2D eigenvalue weighted by Gasteiger charge is -2.08. The van der Waals surface area contributed by atoms with Crippen LogP contribution in [0.4, 0.5) is 10.1 Å². The van der Waals surface area contributed by atoms with Gasteiger partial charge in [-0.05, 0) is 54.6 Å². The number of thiazole rings is 1. The second-order valence-corrected chi connectivity index (χ2v) is 6.89. The van der Waals surface area contributed by atoms with Gasteiger partial charge in [-0.3, -0.25) is 4.79 Å². The fraction of sp³-hybridized carbons (Fsp3) is 0.0476. The average molecular weight is 378 g/mol. The normalized spacial score (nSPS) is 10.7. The highest BCUT2D eigenvalue weighted by Crippen LogP contribution is 2.30. The molecular weight excluding hydrogens is 363 g/mol. The zero-order valence-electron chi connectivity index (χ0n) is 14.2. The Morgan fingerprint density at radius 2 is 1.85 bits per heavy atom.